The molecule has 0 N–H and O–H groups in total. The Balaban J connectivity index is 3.32. The maximum absolute atomic E-state index is 9.83. The molecular formula is C4H9O2S. The van der Waals surface area contributed by atoms with Crippen LogP contribution in [0.2, 0.25) is 0 Å². The molecule has 0 saturated heterocycles. The van der Waals surface area contributed by atoms with Crippen molar-refractivity contribution in [3.8, 4) is 0 Å². The van der Waals surface area contributed by atoms with Crippen molar-refractivity contribution in [2.24, 2.45) is 0 Å². The van der Waals surface area contributed by atoms with Crippen molar-refractivity contribution >= 4 is 10.7 Å². The van der Waals surface area contributed by atoms with Crippen molar-refractivity contribution in [3.05, 3.63) is 5.92 Å². The van der Waals surface area contributed by atoms with Gasteiger partial charge in [0.1, 0.15) is 10.7 Å². The molecule has 0 aromatic rings. The van der Waals surface area contributed by atoms with Gasteiger partial charge in [-0.05, 0) is 5.92 Å². The Morgan fingerprint density at radius 1 is 1.43 bits per heavy atom. The minimum Gasteiger partial charge on any atom is -0.232 e. The molecule has 0 amide bonds. The zero-order valence-corrected chi connectivity index (χ0v) is 5.37. The summed E-state index contributed by atoms with van der Waals surface area (Å²) in [7, 11) is -2.18. The van der Waals surface area contributed by atoms with Gasteiger partial charge in [0.15, 0.2) is 0 Å². The summed E-state index contributed by atoms with van der Waals surface area (Å²) >= 11 is 0. The summed E-state index contributed by atoms with van der Waals surface area (Å²) in [5, 5.41) is 0. The van der Waals surface area contributed by atoms with Crippen LogP contribution in [0.1, 0.15) is 13.8 Å². The van der Waals surface area contributed by atoms with Gasteiger partial charge in [-0.3, -0.25) is 0 Å². The number of hydrogen-bond acceptors (Lipinski definition) is 2. The predicted octanol–water partition coefficient (Wildman–Crippen LogP) is 0.212. The monoisotopic (exact) mass is 121 g/mol. The Kier molecular flexibility index (Phi) is 3.00. The van der Waals surface area contributed by atoms with E-state index in [2.05, 4.69) is 0 Å². The smallest absolute Gasteiger partial charge is 0.140 e. The average Bonchev–Trinajstić information content (AvgIpc) is 1.27. The largest absolute Gasteiger partial charge is 0.232 e. The lowest BCUT2D eigenvalue weighted by Crippen LogP contribution is -1.93. The van der Waals surface area contributed by atoms with Gasteiger partial charge in [0.2, 0.25) is 0 Å². The Labute approximate surface area is 45.5 Å². The summed E-state index contributed by atoms with van der Waals surface area (Å²) in [6.45, 7) is 3.59. The minimum atomic E-state index is -2.18. The molecule has 2 nitrogen and oxygen atoms in total. The first-order chi connectivity index (χ1) is 3.13. The molecule has 0 bridgehead atoms. The fraction of sp³-hybridized carbons (Fsp3) is 0.750. The highest BCUT2D eigenvalue weighted by atomic mass is 32.2. The second-order valence-corrected chi connectivity index (χ2v) is 2.68. The standard InChI is InChI=1S/C4H9O2S/c1-4(2)3-7(5)6/h7H,3H2,1-2H3. The zero-order valence-electron chi connectivity index (χ0n) is 4.47. The maximum Gasteiger partial charge on any atom is 0.140 e. The second-order valence-electron chi connectivity index (χ2n) is 1.70. The molecular weight excluding hydrogens is 112 g/mol. The van der Waals surface area contributed by atoms with E-state index >= 15 is 0 Å². The van der Waals surface area contributed by atoms with Crippen molar-refractivity contribution in [2.75, 3.05) is 5.75 Å². The molecule has 7 heavy (non-hydrogen) atoms. The second kappa shape index (κ2) is 3.02. The molecule has 0 fully saturated rings. The van der Waals surface area contributed by atoms with Crippen LogP contribution in [0.5, 0.6) is 0 Å². The summed E-state index contributed by atoms with van der Waals surface area (Å²) < 4.78 is 19.7. The van der Waals surface area contributed by atoms with Crippen molar-refractivity contribution in [1.29, 1.82) is 0 Å². The predicted molar refractivity (Wildman–Crippen MR) is 29.8 cm³/mol. The highest BCUT2D eigenvalue weighted by Gasteiger charge is 1.92. The molecule has 43 valence electrons. The van der Waals surface area contributed by atoms with Crippen LogP contribution in [0.3, 0.4) is 0 Å². The van der Waals surface area contributed by atoms with Crippen LogP contribution in [0.15, 0.2) is 0 Å². The lowest BCUT2D eigenvalue weighted by Gasteiger charge is -1.90. The van der Waals surface area contributed by atoms with Gasteiger partial charge in [-0.1, -0.05) is 13.8 Å². The molecule has 0 aromatic heterocycles. The van der Waals surface area contributed by atoms with Crippen LogP contribution in [0, 0.1) is 5.92 Å². The van der Waals surface area contributed by atoms with E-state index in [9.17, 15) is 8.42 Å². The Morgan fingerprint density at radius 3 is 1.86 bits per heavy atom. The molecule has 0 aliphatic rings. The Bertz CT molecular complexity index is 96.3. The van der Waals surface area contributed by atoms with Crippen molar-refractivity contribution in [1.82, 2.24) is 0 Å². The van der Waals surface area contributed by atoms with Crippen molar-refractivity contribution in [2.45, 2.75) is 13.8 Å². The van der Waals surface area contributed by atoms with Crippen LogP contribution >= 0.6 is 0 Å². The van der Waals surface area contributed by atoms with Crippen LogP contribution in [0.25, 0.3) is 0 Å². The number of thiol groups is 1. The van der Waals surface area contributed by atoms with Crippen LogP contribution < -0.4 is 0 Å². The number of rotatable bonds is 2. The molecule has 0 heterocycles. The summed E-state index contributed by atoms with van der Waals surface area (Å²) in [5.74, 6) is 1.17. The molecule has 0 atom stereocenters. The van der Waals surface area contributed by atoms with E-state index in [1.54, 1.807) is 13.8 Å². The van der Waals surface area contributed by atoms with E-state index in [1.165, 1.54) is 0 Å². The maximum atomic E-state index is 9.83. The van der Waals surface area contributed by atoms with E-state index in [1.807, 2.05) is 0 Å². The first-order valence-electron chi connectivity index (χ1n) is 2.03. The molecule has 0 saturated carbocycles. The van der Waals surface area contributed by atoms with E-state index in [0.29, 0.717) is 0 Å². The molecule has 0 aliphatic carbocycles. The quantitative estimate of drug-likeness (QED) is 0.530. The molecule has 0 aromatic carbocycles. The molecule has 0 unspecified atom stereocenters. The molecule has 1 radical (unpaired) electrons. The minimum absolute atomic E-state index is 0.231. The van der Waals surface area contributed by atoms with Crippen LogP contribution in [0.4, 0.5) is 0 Å². The van der Waals surface area contributed by atoms with E-state index in [0.717, 1.165) is 5.92 Å². The van der Waals surface area contributed by atoms with Crippen LogP contribution in [-0.2, 0) is 10.7 Å². The molecule has 0 aliphatic heterocycles. The van der Waals surface area contributed by atoms with Crippen molar-refractivity contribution in [3.63, 3.8) is 0 Å². The van der Waals surface area contributed by atoms with Crippen molar-refractivity contribution < 1.29 is 8.42 Å². The van der Waals surface area contributed by atoms with Gasteiger partial charge in [-0.25, -0.2) is 8.42 Å². The summed E-state index contributed by atoms with van der Waals surface area (Å²) in [6, 6.07) is 0. The van der Waals surface area contributed by atoms with Gasteiger partial charge in [0.25, 0.3) is 0 Å². The first-order valence-corrected chi connectivity index (χ1v) is 3.40. The lowest BCUT2D eigenvalue weighted by atomic mass is 10.3. The van der Waals surface area contributed by atoms with Gasteiger partial charge in [0, 0.05) is 0 Å². The molecule has 0 spiro atoms. The zero-order chi connectivity index (χ0) is 5.86. The first kappa shape index (κ1) is 6.95. The normalized spacial score (nSPS) is 10.9. The fourth-order valence-corrected chi connectivity index (χ4v) is 0.775. The third kappa shape index (κ3) is 5.95. The van der Waals surface area contributed by atoms with Gasteiger partial charge in [0.05, 0.1) is 5.75 Å². The van der Waals surface area contributed by atoms with Crippen LogP contribution in [-0.4, -0.2) is 14.2 Å². The van der Waals surface area contributed by atoms with E-state index in [4.69, 9.17) is 0 Å². The highest BCUT2D eigenvalue weighted by Crippen LogP contribution is 1.91. The van der Waals surface area contributed by atoms with E-state index in [-0.39, 0.29) is 5.75 Å². The van der Waals surface area contributed by atoms with Gasteiger partial charge >= 0.3 is 0 Å². The van der Waals surface area contributed by atoms with Gasteiger partial charge in [-0.2, -0.15) is 0 Å². The Hall–Kier alpha value is -0.0500. The Morgan fingerprint density at radius 2 is 1.86 bits per heavy atom. The summed E-state index contributed by atoms with van der Waals surface area (Å²) in [4.78, 5) is 0. The third-order valence-corrected chi connectivity index (χ3v) is 1.34. The van der Waals surface area contributed by atoms with Gasteiger partial charge < -0.3 is 0 Å². The topological polar surface area (TPSA) is 34.1 Å². The number of hydrogen-bond donors (Lipinski definition) is 1. The molecule has 3 heteroatoms. The van der Waals surface area contributed by atoms with Gasteiger partial charge in [-0.15, -0.1) is 0 Å². The lowest BCUT2D eigenvalue weighted by molar-refractivity contribution is 0.614. The van der Waals surface area contributed by atoms with E-state index < -0.39 is 10.7 Å². The highest BCUT2D eigenvalue weighted by molar-refractivity contribution is 7.72. The SMILES string of the molecule is C[C](C)C[SH](=O)=O. The summed E-state index contributed by atoms with van der Waals surface area (Å²) in [6.07, 6.45) is 0. The molecule has 0 rings (SSSR count). The average molecular weight is 121 g/mol. The third-order valence-electron chi connectivity index (χ3n) is 0.445. The summed E-state index contributed by atoms with van der Waals surface area (Å²) in [5.41, 5.74) is 0. The fourth-order valence-electron chi connectivity index (χ4n) is 0.258.